The van der Waals surface area contributed by atoms with Gasteiger partial charge in [0, 0.05) is 17.5 Å². The molecule has 0 aliphatic carbocycles. The number of nitrogens with zero attached hydrogens (tertiary/aromatic N) is 1. The molecule has 1 atom stereocenters. The molecule has 1 aromatic rings. The Kier molecular flexibility index (Phi) is 3.66. The predicted molar refractivity (Wildman–Crippen MR) is 77.5 cm³/mol. The summed E-state index contributed by atoms with van der Waals surface area (Å²) in [5.41, 5.74) is 1.76. The van der Waals surface area contributed by atoms with Crippen molar-refractivity contribution in [2.24, 2.45) is 5.41 Å². The molecular formula is C17H21NO. The molecule has 19 heavy (non-hydrogen) atoms. The molecule has 100 valence electrons. The van der Waals surface area contributed by atoms with Crippen LogP contribution in [0.4, 0.5) is 0 Å². The SMILES string of the molecule is C#Cc1cccc(C2CCN2C(=O)C(C)(C)CC)c1. The van der Waals surface area contributed by atoms with Crippen LogP contribution in [0.15, 0.2) is 24.3 Å². The van der Waals surface area contributed by atoms with Crippen LogP contribution in [-0.4, -0.2) is 17.4 Å². The minimum atomic E-state index is -0.275. The van der Waals surface area contributed by atoms with Gasteiger partial charge in [0.15, 0.2) is 0 Å². The molecule has 0 bridgehead atoms. The Morgan fingerprint density at radius 2 is 2.26 bits per heavy atom. The summed E-state index contributed by atoms with van der Waals surface area (Å²) >= 11 is 0. The Morgan fingerprint density at radius 3 is 2.79 bits per heavy atom. The number of amides is 1. The van der Waals surface area contributed by atoms with Crippen LogP contribution in [0.25, 0.3) is 0 Å². The van der Waals surface area contributed by atoms with Crippen molar-refractivity contribution in [2.75, 3.05) is 6.54 Å². The van der Waals surface area contributed by atoms with Gasteiger partial charge in [0.2, 0.25) is 5.91 Å². The highest BCUT2D eigenvalue weighted by atomic mass is 16.2. The first-order valence-corrected chi connectivity index (χ1v) is 6.87. The van der Waals surface area contributed by atoms with Crippen molar-refractivity contribution in [3.05, 3.63) is 35.4 Å². The minimum absolute atomic E-state index is 0.201. The lowest BCUT2D eigenvalue weighted by Gasteiger charge is -2.45. The molecule has 0 N–H and O–H groups in total. The number of hydrogen-bond donors (Lipinski definition) is 0. The molecule has 2 nitrogen and oxygen atoms in total. The molecular weight excluding hydrogens is 234 g/mol. The van der Waals surface area contributed by atoms with Crippen LogP contribution in [0.1, 0.15) is 50.8 Å². The molecule has 1 fully saturated rings. The zero-order valence-electron chi connectivity index (χ0n) is 11.9. The van der Waals surface area contributed by atoms with Crippen molar-refractivity contribution < 1.29 is 4.79 Å². The predicted octanol–water partition coefficient (Wildman–Crippen LogP) is 3.38. The average molecular weight is 255 g/mol. The molecule has 2 heteroatoms. The summed E-state index contributed by atoms with van der Waals surface area (Å²) in [5.74, 6) is 2.90. The van der Waals surface area contributed by atoms with Crippen molar-refractivity contribution in [3.8, 4) is 12.3 Å². The van der Waals surface area contributed by atoms with Crippen LogP contribution in [0.2, 0.25) is 0 Å². The molecule has 1 unspecified atom stereocenters. The summed E-state index contributed by atoms with van der Waals surface area (Å²) < 4.78 is 0. The lowest BCUT2D eigenvalue weighted by Crippen LogP contribution is -2.50. The summed E-state index contributed by atoms with van der Waals surface area (Å²) in [6.07, 6.45) is 7.32. The Balaban J connectivity index is 2.19. The molecule has 1 aromatic carbocycles. The molecule has 2 rings (SSSR count). The quantitative estimate of drug-likeness (QED) is 0.758. The molecule has 1 aliphatic rings. The van der Waals surface area contributed by atoms with Crippen LogP contribution in [-0.2, 0) is 4.79 Å². The lowest BCUT2D eigenvalue weighted by atomic mass is 9.84. The maximum Gasteiger partial charge on any atom is 0.228 e. The molecule has 0 spiro atoms. The smallest absolute Gasteiger partial charge is 0.228 e. The van der Waals surface area contributed by atoms with Gasteiger partial charge in [-0.2, -0.15) is 0 Å². The zero-order chi connectivity index (χ0) is 14.0. The standard InChI is InChI=1S/C17H21NO/c1-5-13-8-7-9-14(12-13)15-10-11-18(15)16(19)17(3,4)6-2/h1,7-9,12,15H,6,10-11H2,2-4H3. The van der Waals surface area contributed by atoms with E-state index in [1.807, 2.05) is 36.9 Å². The summed E-state index contributed by atoms with van der Waals surface area (Å²) in [5, 5.41) is 0. The number of rotatable bonds is 3. The van der Waals surface area contributed by atoms with Crippen molar-refractivity contribution in [2.45, 2.75) is 39.7 Å². The molecule has 1 heterocycles. The fourth-order valence-electron chi connectivity index (χ4n) is 2.35. The van der Waals surface area contributed by atoms with Crippen LogP contribution in [0.5, 0.6) is 0 Å². The monoisotopic (exact) mass is 255 g/mol. The summed E-state index contributed by atoms with van der Waals surface area (Å²) in [6.45, 7) is 6.95. The first-order chi connectivity index (χ1) is 8.99. The fraction of sp³-hybridized carbons (Fsp3) is 0.471. The highest BCUT2D eigenvalue weighted by Gasteiger charge is 2.39. The second-order valence-corrected chi connectivity index (χ2v) is 5.81. The molecule has 1 saturated heterocycles. The summed E-state index contributed by atoms with van der Waals surface area (Å²) in [6, 6.07) is 8.17. The number of carbonyl (C=O) groups is 1. The molecule has 0 saturated carbocycles. The number of carbonyl (C=O) groups excluding carboxylic acids is 1. The van der Waals surface area contributed by atoms with Gasteiger partial charge in [0.1, 0.15) is 0 Å². The summed E-state index contributed by atoms with van der Waals surface area (Å²) in [4.78, 5) is 14.5. The molecule has 1 amide bonds. The number of hydrogen-bond acceptors (Lipinski definition) is 1. The van der Waals surface area contributed by atoms with Gasteiger partial charge in [-0.3, -0.25) is 4.79 Å². The van der Waals surface area contributed by atoms with Gasteiger partial charge < -0.3 is 4.90 Å². The van der Waals surface area contributed by atoms with Crippen LogP contribution in [0, 0.1) is 17.8 Å². The van der Waals surface area contributed by atoms with Gasteiger partial charge in [-0.25, -0.2) is 0 Å². The van der Waals surface area contributed by atoms with E-state index in [2.05, 4.69) is 18.9 Å². The van der Waals surface area contributed by atoms with Crippen LogP contribution < -0.4 is 0 Å². The van der Waals surface area contributed by atoms with Gasteiger partial charge in [0.25, 0.3) is 0 Å². The van der Waals surface area contributed by atoms with E-state index in [-0.39, 0.29) is 17.4 Å². The largest absolute Gasteiger partial charge is 0.335 e. The van der Waals surface area contributed by atoms with E-state index in [4.69, 9.17) is 6.42 Å². The highest BCUT2D eigenvalue weighted by molar-refractivity contribution is 5.83. The third kappa shape index (κ3) is 2.51. The average Bonchev–Trinajstić information content (AvgIpc) is 2.37. The molecule has 0 radical (unpaired) electrons. The van der Waals surface area contributed by atoms with E-state index in [9.17, 15) is 4.79 Å². The molecule has 1 aliphatic heterocycles. The maximum absolute atomic E-state index is 12.5. The van der Waals surface area contributed by atoms with Crippen LogP contribution >= 0.6 is 0 Å². The van der Waals surface area contributed by atoms with E-state index < -0.39 is 0 Å². The molecule has 0 aromatic heterocycles. The minimum Gasteiger partial charge on any atom is -0.335 e. The summed E-state index contributed by atoms with van der Waals surface area (Å²) in [7, 11) is 0. The van der Waals surface area contributed by atoms with Crippen molar-refractivity contribution in [1.29, 1.82) is 0 Å². The first kappa shape index (κ1) is 13.7. The second-order valence-electron chi connectivity index (χ2n) is 5.81. The highest BCUT2D eigenvalue weighted by Crippen LogP contribution is 2.37. The van der Waals surface area contributed by atoms with Gasteiger partial charge in [-0.1, -0.05) is 38.8 Å². The van der Waals surface area contributed by atoms with Crippen molar-refractivity contribution in [1.82, 2.24) is 4.90 Å². The third-order valence-electron chi connectivity index (χ3n) is 4.18. The topological polar surface area (TPSA) is 20.3 Å². The number of terminal acetylenes is 1. The zero-order valence-corrected chi connectivity index (χ0v) is 11.9. The van der Waals surface area contributed by atoms with Gasteiger partial charge in [-0.05, 0) is 30.5 Å². The second kappa shape index (κ2) is 5.09. The Morgan fingerprint density at radius 1 is 1.53 bits per heavy atom. The van der Waals surface area contributed by atoms with E-state index in [0.29, 0.717) is 0 Å². The Labute approximate surface area is 115 Å². The third-order valence-corrected chi connectivity index (χ3v) is 4.18. The fourth-order valence-corrected chi connectivity index (χ4v) is 2.35. The Bertz CT molecular complexity index is 524. The first-order valence-electron chi connectivity index (χ1n) is 6.87. The number of benzene rings is 1. The Hall–Kier alpha value is -1.75. The van der Waals surface area contributed by atoms with Crippen molar-refractivity contribution in [3.63, 3.8) is 0 Å². The number of likely N-dealkylation sites (tertiary alicyclic amines) is 1. The lowest BCUT2D eigenvalue weighted by molar-refractivity contribution is -0.149. The van der Waals surface area contributed by atoms with E-state index in [0.717, 1.165) is 30.5 Å². The van der Waals surface area contributed by atoms with Crippen LogP contribution in [0.3, 0.4) is 0 Å². The van der Waals surface area contributed by atoms with E-state index in [1.54, 1.807) is 0 Å². The van der Waals surface area contributed by atoms with Gasteiger partial charge >= 0.3 is 0 Å². The normalized spacial score (nSPS) is 18.6. The van der Waals surface area contributed by atoms with E-state index >= 15 is 0 Å². The van der Waals surface area contributed by atoms with Gasteiger partial charge in [-0.15, -0.1) is 6.42 Å². The maximum atomic E-state index is 12.5. The van der Waals surface area contributed by atoms with Gasteiger partial charge in [0.05, 0.1) is 6.04 Å². The van der Waals surface area contributed by atoms with Crippen molar-refractivity contribution >= 4 is 5.91 Å². The van der Waals surface area contributed by atoms with E-state index in [1.165, 1.54) is 0 Å².